The van der Waals surface area contributed by atoms with Crippen molar-refractivity contribution in [1.29, 1.82) is 0 Å². The molecule has 2 aromatic rings. The summed E-state index contributed by atoms with van der Waals surface area (Å²) in [7, 11) is 0. The van der Waals surface area contributed by atoms with Gasteiger partial charge < -0.3 is 14.5 Å². The highest BCUT2D eigenvalue weighted by Crippen LogP contribution is 2.20. The standard InChI is InChI=1S/C16H19NO2/c1-2-5-14(11-18-12-16-6-3-9-19-16)13(4-1)10-17-15-7-8-15/h1-6,9,15,17H,7-8,10-12H2. The molecule has 0 radical (unpaired) electrons. The van der Waals surface area contributed by atoms with Crippen molar-refractivity contribution in [2.45, 2.75) is 38.6 Å². The minimum atomic E-state index is 0.525. The second-order valence-corrected chi connectivity index (χ2v) is 5.00. The Morgan fingerprint density at radius 1 is 1.05 bits per heavy atom. The van der Waals surface area contributed by atoms with Crippen molar-refractivity contribution in [3.63, 3.8) is 0 Å². The van der Waals surface area contributed by atoms with Gasteiger partial charge in [-0.15, -0.1) is 0 Å². The summed E-state index contributed by atoms with van der Waals surface area (Å²) in [6, 6.07) is 13.0. The third-order valence-corrected chi connectivity index (χ3v) is 3.36. The van der Waals surface area contributed by atoms with Gasteiger partial charge in [-0.05, 0) is 36.1 Å². The first-order chi connectivity index (χ1) is 9.42. The van der Waals surface area contributed by atoms with Crippen molar-refractivity contribution in [3.8, 4) is 0 Å². The summed E-state index contributed by atoms with van der Waals surface area (Å²) >= 11 is 0. The van der Waals surface area contributed by atoms with Crippen LogP contribution in [0.25, 0.3) is 0 Å². The summed E-state index contributed by atoms with van der Waals surface area (Å²) < 4.78 is 11.0. The Hall–Kier alpha value is -1.58. The van der Waals surface area contributed by atoms with Crippen molar-refractivity contribution in [2.24, 2.45) is 0 Å². The predicted octanol–water partition coefficient (Wildman–Crippen LogP) is 3.25. The van der Waals surface area contributed by atoms with Gasteiger partial charge in [-0.1, -0.05) is 24.3 Å². The molecule has 1 aromatic heterocycles. The number of rotatable bonds is 7. The van der Waals surface area contributed by atoms with Crippen LogP contribution in [0.5, 0.6) is 0 Å². The number of ether oxygens (including phenoxy) is 1. The van der Waals surface area contributed by atoms with Crippen LogP contribution in [0.3, 0.4) is 0 Å². The molecule has 1 aromatic carbocycles. The smallest absolute Gasteiger partial charge is 0.129 e. The number of hydrogen-bond donors (Lipinski definition) is 1. The van der Waals surface area contributed by atoms with Gasteiger partial charge in [0.25, 0.3) is 0 Å². The monoisotopic (exact) mass is 257 g/mol. The van der Waals surface area contributed by atoms with Crippen LogP contribution >= 0.6 is 0 Å². The van der Waals surface area contributed by atoms with E-state index < -0.39 is 0 Å². The minimum Gasteiger partial charge on any atom is -0.467 e. The van der Waals surface area contributed by atoms with Crippen LogP contribution in [0.2, 0.25) is 0 Å². The number of benzene rings is 1. The van der Waals surface area contributed by atoms with Gasteiger partial charge >= 0.3 is 0 Å². The van der Waals surface area contributed by atoms with E-state index in [1.807, 2.05) is 12.1 Å². The summed E-state index contributed by atoms with van der Waals surface area (Å²) in [5.41, 5.74) is 2.58. The van der Waals surface area contributed by atoms with Crippen molar-refractivity contribution in [3.05, 3.63) is 59.5 Å². The lowest BCUT2D eigenvalue weighted by Gasteiger charge is -2.10. The summed E-state index contributed by atoms with van der Waals surface area (Å²) in [6.45, 7) is 2.09. The van der Waals surface area contributed by atoms with Crippen molar-refractivity contribution in [2.75, 3.05) is 0 Å². The van der Waals surface area contributed by atoms with Crippen molar-refractivity contribution in [1.82, 2.24) is 5.32 Å². The SMILES string of the molecule is c1coc(COCc2ccccc2CNC2CC2)c1. The Morgan fingerprint density at radius 3 is 2.63 bits per heavy atom. The fraction of sp³-hybridized carbons (Fsp3) is 0.375. The molecule has 0 aliphatic heterocycles. The van der Waals surface area contributed by atoms with E-state index in [9.17, 15) is 0 Å². The van der Waals surface area contributed by atoms with E-state index in [0.29, 0.717) is 13.2 Å². The normalized spacial score (nSPS) is 14.7. The van der Waals surface area contributed by atoms with Crippen molar-refractivity contribution < 1.29 is 9.15 Å². The number of furan rings is 1. The van der Waals surface area contributed by atoms with Crippen LogP contribution in [-0.2, 0) is 24.5 Å². The lowest BCUT2D eigenvalue weighted by molar-refractivity contribution is 0.0924. The first-order valence-electron chi connectivity index (χ1n) is 6.82. The Morgan fingerprint density at radius 2 is 1.89 bits per heavy atom. The third-order valence-electron chi connectivity index (χ3n) is 3.36. The average Bonchev–Trinajstić information content (AvgIpc) is 3.13. The quantitative estimate of drug-likeness (QED) is 0.826. The largest absolute Gasteiger partial charge is 0.467 e. The zero-order valence-corrected chi connectivity index (χ0v) is 11.0. The zero-order chi connectivity index (χ0) is 12.9. The van der Waals surface area contributed by atoms with E-state index in [2.05, 4.69) is 29.6 Å². The highest BCUT2D eigenvalue weighted by atomic mass is 16.5. The van der Waals surface area contributed by atoms with Crippen LogP contribution in [0, 0.1) is 0 Å². The second-order valence-electron chi connectivity index (χ2n) is 5.00. The van der Waals surface area contributed by atoms with E-state index in [1.54, 1.807) is 6.26 Å². The Bertz CT molecular complexity index is 503. The van der Waals surface area contributed by atoms with Crippen LogP contribution in [0.15, 0.2) is 47.1 Å². The summed E-state index contributed by atoms with van der Waals surface area (Å²) in [4.78, 5) is 0. The number of hydrogen-bond acceptors (Lipinski definition) is 3. The van der Waals surface area contributed by atoms with Gasteiger partial charge in [0.2, 0.25) is 0 Å². The molecular weight excluding hydrogens is 238 g/mol. The fourth-order valence-corrected chi connectivity index (χ4v) is 2.07. The molecule has 0 saturated heterocycles. The molecule has 1 heterocycles. The Balaban J connectivity index is 1.53. The molecule has 0 atom stereocenters. The molecule has 0 bridgehead atoms. The first kappa shape index (κ1) is 12.5. The van der Waals surface area contributed by atoms with E-state index >= 15 is 0 Å². The summed E-state index contributed by atoms with van der Waals surface area (Å²) in [6.07, 6.45) is 4.31. The van der Waals surface area contributed by atoms with Gasteiger partial charge in [-0.3, -0.25) is 0 Å². The van der Waals surface area contributed by atoms with Crippen LogP contribution in [0.4, 0.5) is 0 Å². The number of nitrogens with one attached hydrogen (secondary N) is 1. The molecule has 1 saturated carbocycles. The molecule has 3 rings (SSSR count). The summed E-state index contributed by atoms with van der Waals surface area (Å²) in [5, 5.41) is 3.54. The highest BCUT2D eigenvalue weighted by molar-refractivity contribution is 5.26. The van der Waals surface area contributed by atoms with E-state index in [4.69, 9.17) is 9.15 Å². The summed E-state index contributed by atoms with van der Waals surface area (Å²) in [5.74, 6) is 0.869. The van der Waals surface area contributed by atoms with E-state index in [1.165, 1.54) is 24.0 Å². The van der Waals surface area contributed by atoms with Gasteiger partial charge in [-0.2, -0.15) is 0 Å². The van der Waals surface area contributed by atoms with Crippen LogP contribution < -0.4 is 5.32 Å². The molecule has 0 unspecified atom stereocenters. The van der Waals surface area contributed by atoms with Gasteiger partial charge in [0, 0.05) is 12.6 Å². The van der Waals surface area contributed by atoms with E-state index in [0.717, 1.165) is 18.3 Å². The lowest BCUT2D eigenvalue weighted by Crippen LogP contribution is -2.16. The highest BCUT2D eigenvalue weighted by Gasteiger charge is 2.20. The molecule has 1 aliphatic carbocycles. The molecule has 0 amide bonds. The Labute approximate surface area is 113 Å². The van der Waals surface area contributed by atoms with E-state index in [-0.39, 0.29) is 0 Å². The van der Waals surface area contributed by atoms with Gasteiger partial charge in [-0.25, -0.2) is 0 Å². The maximum absolute atomic E-state index is 5.71. The maximum atomic E-state index is 5.71. The molecule has 19 heavy (non-hydrogen) atoms. The minimum absolute atomic E-state index is 0.525. The third kappa shape index (κ3) is 3.69. The van der Waals surface area contributed by atoms with Gasteiger partial charge in [0.1, 0.15) is 12.4 Å². The topological polar surface area (TPSA) is 34.4 Å². The van der Waals surface area contributed by atoms with Crippen molar-refractivity contribution >= 4 is 0 Å². The molecule has 3 nitrogen and oxygen atoms in total. The average molecular weight is 257 g/mol. The van der Waals surface area contributed by atoms with Gasteiger partial charge in [0.15, 0.2) is 0 Å². The Kier molecular flexibility index (Phi) is 3.96. The van der Waals surface area contributed by atoms with Crippen LogP contribution in [0.1, 0.15) is 29.7 Å². The molecule has 0 spiro atoms. The van der Waals surface area contributed by atoms with Crippen LogP contribution in [-0.4, -0.2) is 6.04 Å². The first-order valence-corrected chi connectivity index (χ1v) is 6.82. The predicted molar refractivity (Wildman–Crippen MR) is 73.5 cm³/mol. The maximum Gasteiger partial charge on any atom is 0.129 e. The molecule has 1 fully saturated rings. The molecular formula is C16H19NO2. The molecule has 1 aliphatic rings. The lowest BCUT2D eigenvalue weighted by atomic mass is 10.1. The second kappa shape index (κ2) is 6.04. The fourth-order valence-electron chi connectivity index (χ4n) is 2.07. The molecule has 100 valence electrons. The zero-order valence-electron chi connectivity index (χ0n) is 11.0. The molecule has 3 heteroatoms. The molecule has 1 N–H and O–H groups in total. The van der Waals surface area contributed by atoms with Gasteiger partial charge in [0.05, 0.1) is 12.9 Å².